The minimum absolute atomic E-state index is 0.0959. The maximum atomic E-state index is 12.9. The van der Waals surface area contributed by atoms with Crippen molar-refractivity contribution < 1.29 is 14.2 Å². The lowest BCUT2D eigenvalue weighted by Crippen LogP contribution is -2.02. The summed E-state index contributed by atoms with van der Waals surface area (Å²) in [5, 5.41) is 8.50. The first-order chi connectivity index (χ1) is 6.75. The van der Waals surface area contributed by atoms with Crippen molar-refractivity contribution in [3.63, 3.8) is 0 Å². The number of ether oxygens (including phenoxy) is 1. The lowest BCUT2D eigenvalue weighted by Gasteiger charge is -2.06. The number of anilines is 1. The summed E-state index contributed by atoms with van der Waals surface area (Å²) in [6, 6.07) is 4.63. The molecule has 0 atom stereocenters. The van der Waals surface area contributed by atoms with E-state index in [1.54, 1.807) is 12.1 Å². The Balaban J connectivity index is 2.46. The van der Waals surface area contributed by atoms with E-state index < -0.39 is 5.82 Å². The van der Waals surface area contributed by atoms with Crippen LogP contribution in [0, 0.1) is 5.82 Å². The number of rotatable bonds is 5. The lowest BCUT2D eigenvalue weighted by molar-refractivity contribution is 0.104. The molecule has 0 heterocycles. The quantitative estimate of drug-likeness (QED) is 0.555. The van der Waals surface area contributed by atoms with Gasteiger partial charge in [0, 0.05) is 18.8 Å². The van der Waals surface area contributed by atoms with Crippen LogP contribution in [0.25, 0.3) is 0 Å². The third-order valence-electron chi connectivity index (χ3n) is 1.85. The van der Waals surface area contributed by atoms with Crippen molar-refractivity contribution in [2.75, 3.05) is 18.9 Å². The highest BCUT2D eigenvalue weighted by molar-refractivity contribution is 5.47. The molecule has 1 aromatic rings. The summed E-state index contributed by atoms with van der Waals surface area (Å²) in [5.74, 6) is -0.423. The predicted octanol–water partition coefficient (Wildman–Crippen LogP) is 1.31. The van der Waals surface area contributed by atoms with Gasteiger partial charge in [0.15, 0.2) is 0 Å². The first-order valence-electron chi connectivity index (χ1n) is 4.47. The van der Waals surface area contributed by atoms with Gasteiger partial charge in [-0.15, -0.1) is 0 Å². The van der Waals surface area contributed by atoms with Crippen molar-refractivity contribution in [3.8, 4) is 0 Å². The molecule has 0 amide bonds. The Morgan fingerprint density at radius 1 is 1.43 bits per heavy atom. The summed E-state index contributed by atoms with van der Waals surface area (Å²) >= 11 is 0. The summed E-state index contributed by atoms with van der Waals surface area (Å²) in [4.78, 5) is 0. The summed E-state index contributed by atoms with van der Waals surface area (Å²) in [7, 11) is 0. The zero-order chi connectivity index (χ0) is 10.4. The van der Waals surface area contributed by atoms with Gasteiger partial charge in [-0.2, -0.15) is 0 Å². The van der Waals surface area contributed by atoms with Crippen LogP contribution in [0.3, 0.4) is 0 Å². The smallest absolute Gasteiger partial charge is 0.146 e. The zero-order valence-electron chi connectivity index (χ0n) is 7.87. The normalized spacial score (nSPS) is 10.4. The molecule has 0 unspecified atom stereocenters. The van der Waals surface area contributed by atoms with Gasteiger partial charge in [-0.3, -0.25) is 0 Å². The Hall–Kier alpha value is -1.13. The SMILES string of the molecule is Nc1c(F)cccc1COCCCO. The second kappa shape index (κ2) is 5.57. The topological polar surface area (TPSA) is 55.5 Å². The highest BCUT2D eigenvalue weighted by Gasteiger charge is 2.03. The van der Waals surface area contributed by atoms with Gasteiger partial charge in [-0.25, -0.2) is 4.39 Å². The highest BCUT2D eigenvalue weighted by atomic mass is 19.1. The van der Waals surface area contributed by atoms with Crippen molar-refractivity contribution in [2.45, 2.75) is 13.0 Å². The third kappa shape index (κ3) is 2.97. The summed E-state index contributed by atoms with van der Waals surface area (Å²) in [5.41, 5.74) is 6.27. The van der Waals surface area contributed by atoms with Gasteiger partial charge in [0.25, 0.3) is 0 Å². The molecule has 0 radical (unpaired) electrons. The first kappa shape index (κ1) is 10.9. The Bertz CT molecular complexity index is 291. The van der Waals surface area contributed by atoms with Gasteiger partial charge >= 0.3 is 0 Å². The monoisotopic (exact) mass is 199 g/mol. The van der Waals surface area contributed by atoms with Crippen molar-refractivity contribution in [1.29, 1.82) is 0 Å². The number of para-hydroxylation sites is 1. The Kier molecular flexibility index (Phi) is 4.35. The van der Waals surface area contributed by atoms with Crippen LogP contribution in [0.5, 0.6) is 0 Å². The van der Waals surface area contributed by atoms with Crippen LogP contribution in [-0.2, 0) is 11.3 Å². The lowest BCUT2D eigenvalue weighted by atomic mass is 10.2. The molecule has 1 rings (SSSR count). The Morgan fingerprint density at radius 2 is 2.21 bits per heavy atom. The number of aliphatic hydroxyl groups is 1. The van der Waals surface area contributed by atoms with Gasteiger partial charge in [-0.1, -0.05) is 12.1 Å². The van der Waals surface area contributed by atoms with Gasteiger partial charge in [0.05, 0.1) is 12.3 Å². The van der Waals surface area contributed by atoms with E-state index in [0.717, 1.165) is 0 Å². The summed E-state index contributed by atoms with van der Waals surface area (Å²) in [6.45, 7) is 0.828. The molecule has 4 heteroatoms. The minimum Gasteiger partial charge on any atom is -0.396 e. The minimum atomic E-state index is -0.423. The largest absolute Gasteiger partial charge is 0.396 e. The van der Waals surface area contributed by atoms with Crippen LogP contribution >= 0.6 is 0 Å². The number of hydrogen-bond acceptors (Lipinski definition) is 3. The average molecular weight is 199 g/mol. The van der Waals surface area contributed by atoms with Crippen LogP contribution in [0.4, 0.5) is 10.1 Å². The average Bonchev–Trinajstić information content (AvgIpc) is 2.19. The fourth-order valence-corrected chi connectivity index (χ4v) is 1.06. The maximum Gasteiger partial charge on any atom is 0.146 e. The second-order valence-corrected chi connectivity index (χ2v) is 2.94. The van der Waals surface area contributed by atoms with Gasteiger partial charge in [0.2, 0.25) is 0 Å². The van der Waals surface area contributed by atoms with Crippen molar-refractivity contribution in [3.05, 3.63) is 29.6 Å². The number of hydrogen-bond donors (Lipinski definition) is 2. The zero-order valence-corrected chi connectivity index (χ0v) is 7.87. The summed E-state index contributed by atoms with van der Waals surface area (Å²) in [6.07, 6.45) is 0.579. The van der Waals surface area contributed by atoms with Gasteiger partial charge in [-0.05, 0) is 12.5 Å². The Morgan fingerprint density at radius 3 is 2.93 bits per heavy atom. The first-order valence-corrected chi connectivity index (χ1v) is 4.47. The molecule has 0 aliphatic rings. The predicted molar refractivity (Wildman–Crippen MR) is 52.2 cm³/mol. The molecule has 1 aromatic carbocycles. The molecule has 14 heavy (non-hydrogen) atoms. The number of nitrogen functional groups attached to an aromatic ring is 1. The van der Waals surface area contributed by atoms with Crippen LogP contribution < -0.4 is 5.73 Å². The van der Waals surface area contributed by atoms with E-state index in [1.165, 1.54) is 6.07 Å². The molecule has 3 nitrogen and oxygen atoms in total. The number of aliphatic hydroxyl groups excluding tert-OH is 1. The molecule has 0 aliphatic heterocycles. The number of nitrogens with two attached hydrogens (primary N) is 1. The van der Waals surface area contributed by atoms with Gasteiger partial charge < -0.3 is 15.6 Å². The summed E-state index contributed by atoms with van der Waals surface area (Å²) < 4.78 is 18.1. The Labute approximate surface area is 82.3 Å². The van der Waals surface area contributed by atoms with Crippen LogP contribution in [0.2, 0.25) is 0 Å². The molecular weight excluding hydrogens is 185 g/mol. The van der Waals surface area contributed by atoms with Gasteiger partial charge in [0.1, 0.15) is 5.82 Å². The third-order valence-corrected chi connectivity index (χ3v) is 1.85. The van der Waals surface area contributed by atoms with E-state index in [1.807, 2.05) is 0 Å². The number of benzene rings is 1. The second-order valence-electron chi connectivity index (χ2n) is 2.94. The molecule has 0 saturated carbocycles. The molecule has 0 aliphatic carbocycles. The van der Waals surface area contributed by atoms with E-state index in [9.17, 15) is 4.39 Å². The van der Waals surface area contributed by atoms with Crippen molar-refractivity contribution >= 4 is 5.69 Å². The fourth-order valence-electron chi connectivity index (χ4n) is 1.06. The highest BCUT2D eigenvalue weighted by Crippen LogP contribution is 2.16. The van der Waals surface area contributed by atoms with E-state index in [0.29, 0.717) is 18.6 Å². The molecule has 0 fully saturated rings. The van der Waals surface area contributed by atoms with E-state index in [4.69, 9.17) is 15.6 Å². The molecule has 0 aromatic heterocycles. The molecular formula is C10H14FNO2. The van der Waals surface area contributed by atoms with Crippen molar-refractivity contribution in [1.82, 2.24) is 0 Å². The van der Waals surface area contributed by atoms with Crippen molar-refractivity contribution in [2.24, 2.45) is 0 Å². The van der Waals surface area contributed by atoms with E-state index in [-0.39, 0.29) is 18.9 Å². The molecule has 0 spiro atoms. The molecule has 0 saturated heterocycles. The molecule has 3 N–H and O–H groups in total. The van der Waals surface area contributed by atoms with Crippen LogP contribution in [0.15, 0.2) is 18.2 Å². The van der Waals surface area contributed by atoms with E-state index in [2.05, 4.69) is 0 Å². The standard InChI is InChI=1S/C10H14FNO2/c11-9-4-1-3-8(10(9)12)7-14-6-2-5-13/h1,3-4,13H,2,5-7,12H2. The maximum absolute atomic E-state index is 12.9. The molecule has 78 valence electrons. The van der Waals surface area contributed by atoms with Crippen LogP contribution in [0.1, 0.15) is 12.0 Å². The molecule has 0 bridgehead atoms. The fraction of sp³-hybridized carbons (Fsp3) is 0.400. The van der Waals surface area contributed by atoms with E-state index >= 15 is 0 Å². The number of halogens is 1. The van der Waals surface area contributed by atoms with Crippen LogP contribution in [-0.4, -0.2) is 18.3 Å².